The zero-order valence-electron chi connectivity index (χ0n) is 10.8. The molecule has 2 heterocycles. The van der Waals surface area contributed by atoms with Gasteiger partial charge in [-0.1, -0.05) is 6.42 Å². The van der Waals surface area contributed by atoms with Gasteiger partial charge in [0.15, 0.2) is 15.6 Å². The highest BCUT2D eigenvalue weighted by Gasteiger charge is 2.40. The van der Waals surface area contributed by atoms with Crippen molar-refractivity contribution < 1.29 is 13.2 Å². The summed E-state index contributed by atoms with van der Waals surface area (Å²) in [7, 11) is -3.20. The number of carbonyl (C=O) groups excluding carboxylic acids is 1. The molecule has 0 saturated carbocycles. The summed E-state index contributed by atoms with van der Waals surface area (Å²) in [5, 5.41) is 1.28. The molecule has 1 aromatic heterocycles. The van der Waals surface area contributed by atoms with Gasteiger partial charge in [-0.2, -0.15) is 0 Å². The quantitative estimate of drug-likeness (QED) is 0.843. The van der Waals surface area contributed by atoms with Crippen LogP contribution in [-0.4, -0.2) is 25.2 Å². The number of fused-ring (bicyclic) bond motifs is 1. The summed E-state index contributed by atoms with van der Waals surface area (Å²) >= 11 is 1.69. The maximum atomic E-state index is 12.7. The van der Waals surface area contributed by atoms with Crippen LogP contribution in [0.3, 0.4) is 0 Å². The minimum atomic E-state index is -3.20. The van der Waals surface area contributed by atoms with Crippen molar-refractivity contribution in [1.29, 1.82) is 0 Å². The van der Waals surface area contributed by atoms with E-state index in [4.69, 9.17) is 0 Å². The number of carbonyl (C=O) groups is 1. The average molecular weight is 298 g/mol. The van der Waals surface area contributed by atoms with Crippen molar-refractivity contribution in [2.24, 2.45) is 0 Å². The number of hydrogen-bond donors (Lipinski definition) is 0. The molecule has 0 aromatic carbocycles. The molecule has 0 radical (unpaired) electrons. The zero-order chi connectivity index (χ0) is 13.5. The van der Waals surface area contributed by atoms with Gasteiger partial charge in [-0.05, 0) is 49.1 Å². The van der Waals surface area contributed by atoms with Crippen LogP contribution in [0, 0.1) is 0 Å². The standard InChI is InChI=1S/C14H18O3S2/c15-14(13-6-1-2-9-19(13,16)17)11-4-3-5-12-10(11)7-8-18-12/h7-8,11,13H,1-6,9H2. The normalized spacial score (nSPS) is 29.7. The SMILES string of the molecule is O=C(C1CCCc2sccc21)C1CCCCS1(=O)=O. The fraction of sp³-hybridized carbons (Fsp3) is 0.643. The Balaban J connectivity index is 1.90. The Morgan fingerprint density at radius 3 is 2.84 bits per heavy atom. The number of ketones is 1. The van der Waals surface area contributed by atoms with Crippen molar-refractivity contribution in [2.75, 3.05) is 5.75 Å². The van der Waals surface area contributed by atoms with Crippen molar-refractivity contribution in [3.05, 3.63) is 21.9 Å². The Kier molecular flexibility index (Phi) is 3.52. The van der Waals surface area contributed by atoms with Gasteiger partial charge in [-0.3, -0.25) is 4.79 Å². The number of aryl methyl sites for hydroxylation is 1. The Hall–Kier alpha value is -0.680. The fourth-order valence-electron chi connectivity index (χ4n) is 3.28. The van der Waals surface area contributed by atoms with Gasteiger partial charge in [0.2, 0.25) is 0 Å². The largest absolute Gasteiger partial charge is 0.298 e. The van der Waals surface area contributed by atoms with Crippen molar-refractivity contribution in [1.82, 2.24) is 0 Å². The van der Waals surface area contributed by atoms with Crippen LogP contribution in [0.25, 0.3) is 0 Å². The van der Waals surface area contributed by atoms with Gasteiger partial charge < -0.3 is 0 Å². The second kappa shape index (κ2) is 5.02. The first kappa shape index (κ1) is 13.3. The maximum absolute atomic E-state index is 12.7. The van der Waals surface area contributed by atoms with Crippen molar-refractivity contribution in [3.63, 3.8) is 0 Å². The van der Waals surface area contributed by atoms with E-state index < -0.39 is 15.1 Å². The van der Waals surface area contributed by atoms with Crippen LogP contribution in [0.1, 0.15) is 48.5 Å². The molecule has 1 aliphatic carbocycles. The van der Waals surface area contributed by atoms with Crippen LogP contribution in [0.4, 0.5) is 0 Å². The van der Waals surface area contributed by atoms with Gasteiger partial charge in [0, 0.05) is 10.8 Å². The number of hydrogen-bond acceptors (Lipinski definition) is 4. The van der Waals surface area contributed by atoms with E-state index in [-0.39, 0.29) is 17.5 Å². The van der Waals surface area contributed by atoms with E-state index in [1.165, 1.54) is 4.88 Å². The van der Waals surface area contributed by atoms with Crippen LogP contribution in [0.5, 0.6) is 0 Å². The topological polar surface area (TPSA) is 51.2 Å². The lowest BCUT2D eigenvalue weighted by atomic mass is 9.83. The first-order chi connectivity index (χ1) is 9.09. The molecule has 0 amide bonds. The molecule has 19 heavy (non-hydrogen) atoms. The summed E-state index contributed by atoms with van der Waals surface area (Å²) < 4.78 is 24.2. The van der Waals surface area contributed by atoms with Crippen molar-refractivity contribution in [2.45, 2.75) is 49.7 Å². The monoisotopic (exact) mass is 298 g/mol. The predicted molar refractivity (Wildman–Crippen MR) is 76.4 cm³/mol. The highest BCUT2D eigenvalue weighted by molar-refractivity contribution is 7.92. The predicted octanol–water partition coefficient (Wildman–Crippen LogP) is 2.70. The van der Waals surface area contributed by atoms with Crippen LogP contribution < -0.4 is 0 Å². The van der Waals surface area contributed by atoms with Crippen molar-refractivity contribution in [3.8, 4) is 0 Å². The molecular weight excluding hydrogens is 280 g/mol. The highest BCUT2D eigenvalue weighted by Crippen LogP contribution is 2.38. The van der Waals surface area contributed by atoms with Gasteiger partial charge in [-0.15, -0.1) is 11.3 Å². The lowest BCUT2D eigenvalue weighted by molar-refractivity contribution is -0.120. The summed E-state index contributed by atoms with van der Waals surface area (Å²) in [4.78, 5) is 13.9. The third-order valence-electron chi connectivity index (χ3n) is 4.29. The van der Waals surface area contributed by atoms with Crippen LogP contribution in [0.15, 0.2) is 11.4 Å². The molecule has 104 valence electrons. The Morgan fingerprint density at radius 2 is 2.05 bits per heavy atom. The fourth-order valence-corrected chi connectivity index (χ4v) is 6.20. The molecule has 0 bridgehead atoms. The summed E-state index contributed by atoms with van der Waals surface area (Å²) in [6.07, 6.45) is 4.94. The number of sulfone groups is 1. The van der Waals surface area contributed by atoms with E-state index in [9.17, 15) is 13.2 Å². The summed E-state index contributed by atoms with van der Waals surface area (Å²) in [6, 6.07) is 2.01. The van der Waals surface area contributed by atoms with Gasteiger partial charge in [0.1, 0.15) is 5.25 Å². The summed E-state index contributed by atoms with van der Waals surface area (Å²) in [6.45, 7) is 0. The van der Waals surface area contributed by atoms with Gasteiger partial charge >= 0.3 is 0 Å². The van der Waals surface area contributed by atoms with Gasteiger partial charge in [0.05, 0.1) is 5.75 Å². The molecule has 1 aromatic rings. The lowest BCUT2D eigenvalue weighted by Gasteiger charge is -2.27. The second-order valence-corrected chi connectivity index (χ2v) is 8.80. The number of Topliss-reactive ketones (excluding diaryl/α,β-unsaturated/α-hetero) is 1. The van der Waals surface area contributed by atoms with Gasteiger partial charge in [-0.25, -0.2) is 8.42 Å². The first-order valence-corrected chi connectivity index (χ1v) is 9.50. The minimum Gasteiger partial charge on any atom is -0.298 e. The van der Waals surface area contributed by atoms with E-state index in [0.29, 0.717) is 12.8 Å². The molecule has 0 N–H and O–H groups in total. The second-order valence-electron chi connectivity index (χ2n) is 5.50. The van der Waals surface area contributed by atoms with E-state index in [2.05, 4.69) is 0 Å². The Morgan fingerprint density at radius 1 is 1.21 bits per heavy atom. The average Bonchev–Trinajstić information content (AvgIpc) is 2.85. The molecule has 3 nitrogen and oxygen atoms in total. The summed E-state index contributed by atoms with van der Waals surface area (Å²) in [5.74, 6) is -0.0287. The van der Waals surface area contributed by atoms with E-state index in [1.54, 1.807) is 11.3 Å². The number of rotatable bonds is 2. The molecule has 5 heteroatoms. The minimum absolute atomic E-state index is 0.0425. The molecular formula is C14H18O3S2. The van der Waals surface area contributed by atoms with Crippen LogP contribution in [0.2, 0.25) is 0 Å². The van der Waals surface area contributed by atoms with Crippen molar-refractivity contribution >= 4 is 27.0 Å². The lowest BCUT2D eigenvalue weighted by Crippen LogP contribution is -2.38. The zero-order valence-corrected chi connectivity index (χ0v) is 12.4. The number of thiophene rings is 1. The Labute approximate surface area is 117 Å². The highest BCUT2D eigenvalue weighted by atomic mass is 32.2. The molecule has 2 atom stereocenters. The van der Waals surface area contributed by atoms with Crippen LogP contribution in [-0.2, 0) is 21.1 Å². The first-order valence-electron chi connectivity index (χ1n) is 6.91. The molecule has 3 rings (SSSR count). The molecule has 2 aliphatic rings. The van der Waals surface area contributed by atoms with E-state index in [1.807, 2.05) is 11.4 Å². The third kappa shape index (κ3) is 2.38. The molecule has 1 aliphatic heterocycles. The molecule has 1 fully saturated rings. The molecule has 2 unspecified atom stereocenters. The molecule has 1 saturated heterocycles. The third-order valence-corrected chi connectivity index (χ3v) is 7.48. The maximum Gasteiger partial charge on any atom is 0.160 e. The smallest absolute Gasteiger partial charge is 0.160 e. The summed E-state index contributed by atoms with van der Waals surface area (Å²) in [5.41, 5.74) is 1.10. The Bertz CT molecular complexity index is 586. The van der Waals surface area contributed by atoms with Crippen LogP contribution >= 0.6 is 11.3 Å². The van der Waals surface area contributed by atoms with E-state index in [0.717, 1.165) is 31.2 Å². The van der Waals surface area contributed by atoms with E-state index >= 15 is 0 Å². The molecule has 0 spiro atoms. The van der Waals surface area contributed by atoms with Gasteiger partial charge in [0.25, 0.3) is 0 Å².